The van der Waals surface area contributed by atoms with Gasteiger partial charge in [-0.25, -0.2) is 0 Å². The highest BCUT2D eigenvalue weighted by Crippen LogP contribution is 2.50. The number of hydrogen-bond donors (Lipinski definition) is 0. The molecule has 108 valence electrons. The Bertz CT molecular complexity index is 647. The number of aromatic nitrogens is 1. The first-order valence-electron chi connectivity index (χ1n) is 7.11. The normalized spacial score (nSPS) is 24.2. The third kappa shape index (κ3) is 2.68. The quantitative estimate of drug-likeness (QED) is 0.609. The van der Waals surface area contributed by atoms with Crippen molar-refractivity contribution in [1.82, 2.24) is 4.98 Å². The van der Waals surface area contributed by atoms with Crippen molar-refractivity contribution in [1.29, 1.82) is 0 Å². The van der Waals surface area contributed by atoms with Gasteiger partial charge in [0.25, 0.3) is 0 Å². The minimum Gasteiger partial charge on any atom is -0.466 e. The van der Waals surface area contributed by atoms with Crippen molar-refractivity contribution in [3.63, 3.8) is 0 Å². The molecule has 0 saturated heterocycles. The molecule has 0 amide bonds. The van der Waals surface area contributed by atoms with Crippen LogP contribution >= 0.6 is 0 Å². The van der Waals surface area contributed by atoms with Crippen LogP contribution in [-0.4, -0.2) is 10.6 Å². The maximum atomic E-state index is 13.2. The maximum Gasteiger partial charge on any atom is 0.216 e. The molecule has 2 nitrogen and oxygen atoms in total. The van der Waals surface area contributed by atoms with Crippen molar-refractivity contribution in [3.8, 4) is 5.88 Å². The van der Waals surface area contributed by atoms with E-state index in [-0.39, 0.29) is 0 Å². The summed E-state index contributed by atoms with van der Waals surface area (Å²) >= 11 is 0. The molecule has 0 aliphatic heterocycles. The molecule has 0 N–H and O–H groups in total. The summed E-state index contributed by atoms with van der Waals surface area (Å²) in [5.74, 6) is 0.254. The van der Waals surface area contributed by atoms with Crippen LogP contribution < -0.4 is 4.74 Å². The molecule has 0 atom stereocenters. The summed E-state index contributed by atoms with van der Waals surface area (Å²) in [6.07, 6.45) is 1.70. The molecular formula is C18H18FNO. The molecule has 1 aliphatic rings. The average Bonchev–Trinajstić information content (AvgIpc) is 2.43. The minimum absolute atomic E-state index is 0.324. The van der Waals surface area contributed by atoms with Crippen LogP contribution in [0.3, 0.4) is 0 Å². The van der Waals surface area contributed by atoms with Crippen LogP contribution in [0.5, 0.6) is 5.88 Å². The zero-order valence-electron chi connectivity index (χ0n) is 12.1. The van der Waals surface area contributed by atoms with Gasteiger partial charge in [0.1, 0.15) is 5.60 Å². The van der Waals surface area contributed by atoms with Gasteiger partial charge in [0, 0.05) is 6.07 Å². The summed E-state index contributed by atoms with van der Waals surface area (Å²) in [4.78, 5) is 3.79. The van der Waals surface area contributed by atoms with E-state index in [0.29, 0.717) is 11.8 Å². The number of benzene rings is 1. The van der Waals surface area contributed by atoms with Gasteiger partial charge in [-0.2, -0.15) is 9.37 Å². The highest BCUT2D eigenvalue weighted by molar-refractivity contribution is 5.31. The van der Waals surface area contributed by atoms with Gasteiger partial charge in [0.2, 0.25) is 11.8 Å². The summed E-state index contributed by atoms with van der Waals surface area (Å²) in [7, 11) is 0. The smallest absolute Gasteiger partial charge is 0.216 e. The summed E-state index contributed by atoms with van der Waals surface area (Å²) in [5, 5.41) is 0. The molecule has 1 fully saturated rings. The highest BCUT2D eigenvalue weighted by Gasteiger charge is 2.48. The Kier molecular flexibility index (Phi) is 3.50. The Balaban J connectivity index is 1.77. The van der Waals surface area contributed by atoms with E-state index in [1.807, 2.05) is 25.1 Å². The molecule has 1 heterocycles. The molecular weight excluding hydrogens is 265 g/mol. The number of rotatable bonds is 4. The van der Waals surface area contributed by atoms with Crippen molar-refractivity contribution < 1.29 is 9.13 Å². The Hall–Kier alpha value is -2.16. The summed E-state index contributed by atoms with van der Waals surface area (Å²) in [6, 6.07) is 15.0. The molecule has 0 bridgehead atoms. The SMILES string of the molecule is C=C(C)C1(Oc2cccc(F)n2)CC(c2ccccc2)C1. The highest BCUT2D eigenvalue weighted by atomic mass is 19.1. The van der Waals surface area contributed by atoms with Gasteiger partial charge in [-0.1, -0.05) is 43.0 Å². The Labute approximate surface area is 124 Å². The van der Waals surface area contributed by atoms with E-state index in [9.17, 15) is 4.39 Å². The van der Waals surface area contributed by atoms with Gasteiger partial charge in [-0.3, -0.25) is 0 Å². The fraction of sp³-hybridized carbons (Fsp3) is 0.278. The van der Waals surface area contributed by atoms with E-state index in [0.717, 1.165) is 18.4 Å². The molecule has 21 heavy (non-hydrogen) atoms. The molecule has 1 saturated carbocycles. The Morgan fingerprint density at radius 1 is 1.19 bits per heavy atom. The second-order valence-electron chi connectivity index (χ2n) is 5.69. The Morgan fingerprint density at radius 2 is 1.90 bits per heavy atom. The van der Waals surface area contributed by atoms with E-state index < -0.39 is 11.5 Å². The third-order valence-electron chi connectivity index (χ3n) is 4.19. The molecule has 1 aromatic heterocycles. The fourth-order valence-electron chi connectivity index (χ4n) is 2.86. The van der Waals surface area contributed by atoms with Crippen LogP contribution in [0.25, 0.3) is 0 Å². The van der Waals surface area contributed by atoms with E-state index in [4.69, 9.17) is 4.74 Å². The monoisotopic (exact) mass is 283 g/mol. The zero-order chi connectivity index (χ0) is 14.9. The third-order valence-corrected chi connectivity index (χ3v) is 4.19. The molecule has 0 unspecified atom stereocenters. The van der Waals surface area contributed by atoms with Crippen LogP contribution in [0.15, 0.2) is 60.7 Å². The lowest BCUT2D eigenvalue weighted by atomic mass is 9.65. The van der Waals surface area contributed by atoms with E-state index in [2.05, 4.69) is 23.7 Å². The molecule has 3 rings (SSSR count). The number of halogens is 1. The van der Waals surface area contributed by atoms with Crippen LogP contribution in [0, 0.1) is 5.95 Å². The van der Waals surface area contributed by atoms with Crippen molar-refractivity contribution in [3.05, 3.63) is 72.2 Å². The van der Waals surface area contributed by atoms with Crippen molar-refractivity contribution in [2.24, 2.45) is 0 Å². The molecule has 1 aliphatic carbocycles. The van der Waals surface area contributed by atoms with Crippen molar-refractivity contribution in [2.75, 3.05) is 0 Å². The van der Waals surface area contributed by atoms with Crippen LogP contribution in [0.2, 0.25) is 0 Å². The summed E-state index contributed by atoms with van der Waals surface area (Å²) in [6.45, 7) is 6.01. The average molecular weight is 283 g/mol. The minimum atomic E-state index is -0.525. The first-order chi connectivity index (χ1) is 10.1. The fourth-order valence-corrected chi connectivity index (χ4v) is 2.86. The van der Waals surface area contributed by atoms with Gasteiger partial charge in [0.05, 0.1) is 0 Å². The molecule has 1 aromatic carbocycles. The lowest BCUT2D eigenvalue weighted by Crippen LogP contribution is -2.48. The van der Waals surface area contributed by atoms with Gasteiger partial charge in [-0.05, 0) is 42.9 Å². The van der Waals surface area contributed by atoms with E-state index >= 15 is 0 Å². The molecule has 2 aromatic rings. The van der Waals surface area contributed by atoms with Crippen LogP contribution in [0.1, 0.15) is 31.2 Å². The predicted molar refractivity (Wildman–Crippen MR) is 80.8 cm³/mol. The Morgan fingerprint density at radius 3 is 2.52 bits per heavy atom. The van der Waals surface area contributed by atoms with E-state index in [1.165, 1.54) is 11.6 Å². The second-order valence-corrected chi connectivity index (χ2v) is 5.69. The molecule has 0 spiro atoms. The van der Waals surface area contributed by atoms with Gasteiger partial charge in [-0.15, -0.1) is 0 Å². The maximum absolute atomic E-state index is 13.2. The lowest BCUT2D eigenvalue weighted by molar-refractivity contribution is 0.00629. The van der Waals surface area contributed by atoms with Gasteiger partial charge < -0.3 is 4.74 Å². The topological polar surface area (TPSA) is 22.1 Å². The predicted octanol–water partition coefficient (Wildman–Crippen LogP) is 4.49. The van der Waals surface area contributed by atoms with Crippen LogP contribution in [0.4, 0.5) is 4.39 Å². The lowest BCUT2D eigenvalue weighted by Gasteiger charge is -2.48. The van der Waals surface area contributed by atoms with Crippen molar-refractivity contribution >= 4 is 0 Å². The standard InChI is InChI=1S/C18H18FNO/c1-13(2)18(21-17-10-6-9-16(19)20-17)11-15(12-18)14-7-4-3-5-8-14/h3-10,15H,1,11-12H2,2H3. The number of pyridine rings is 1. The zero-order valence-corrected chi connectivity index (χ0v) is 12.1. The number of ether oxygens (including phenoxy) is 1. The van der Waals surface area contributed by atoms with Gasteiger partial charge in [0.15, 0.2) is 0 Å². The first kappa shape index (κ1) is 13.8. The molecule has 0 radical (unpaired) electrons. The number of nitrogens with zero attached hydrogens (tertiary/aromatic N) is 1. The van der Waals surface area contributed by atoms with Gasteiger partial charge >= 0.3 is 0 Å². The summed E-state index contributed by atoms with van der Waals surface area (Å²) in [5.41, 5.74) is 1.84. The number of hydrogen-bond acceptors (Lipinski definition) is 2. The summed E-state index contributed by atoms with van der Waals surface area (Å²) < 4.78 is 19.2. The largest absolute Gasteiger partial charge is 0.466 e. The second kappa shape index (κ2) is 5.32. The van der Waals surface area contributed by atoms with Crippen molar-refractivity contribution in [2.45, 2.75) is 31.3 Å². The van der Waals surface area contributed by atoms with E-state index in [1.54, 1.807) is 12.1 Å². The first-order valence-corrected chi connectivity index (χ1v) is 7.11. The molecule has 3 heteroatoms. The van der Waals surface area contributed by atoms with Crippen LogP contribution in [-0.2, 0) is 0 Å².